The number of hydrogen-bond donors (Lipinski definition) is 1. The first-order chi connectivity index (χ1) is 6.68. The van der Waals surface area contributed by atoms with Crippen molar-refractivity contribution in [1.82, 2.24) is 4.98 Å². The van der Waals surface area contributed by atoms with Crippen molar-refractivity contribution in [2.45, 2.75) is 37.3 Å². The van der Waals surface area contributed by atoms with Gasteiger partial charge in [-0.25, -0.2) is 13.4 Å². The number of nitrogens with zero attached hydrogens (tertiary/aromatic N) is 1. The second-order valence-corrected chi connectivity index (χ2v) is 7.85. The lowest BCUT2D eigenvalue weighted by Crippen LogP contribution is -2.17. The van der Waals surface area contributed by atoms with Crippen LogP contribution >= 0.6 is 11.3 Å². The highest BCUT2D eigenvalue weighted by molar-refractivity contribution is 7.93. The molecule has 0 amide bonds. The highest BCUT2D eigenvalue weighted by Crippen LogP contribution is 2.34. The molecule has 0 saturated carbocycles. The number of aromatic nitrogens is 1. The van der Waals surface area contributed by atoms with Crippen molar-refractivity contribution in [2.75, 3.05) is 11.5 Å². The molecule has 0 aliphatic rings. The van der Waals surface area contributed by atoms with Gasteiger partial charge in [-0.05, 0) is 0 Å². The van der Waals surface area contributed by atoms with E-state index in [-0.39, 0.29) is 11.2 Å². The van der Waals surface area contributed by atoms with Crippen molar-refractivity contribution in [1.29, 1.82) is 0 Å². The molecule has 2 N–H and O–H groups in total. The van der Waals surface area contributed by atoms with Crippen LogP contribution in [0.25, 0.3) is 0 Å². The standard InChI is InChI=1S/C9H16N2O2S2/c1-5-15(12,13)7-6(9(2,3)4)11-8(10)14-7/h5H2,1-4H3,(H2,10,11). The molecule has 0 bridgehead atoms. The normalized spacial score (nSPS) is 13.1. The predicted molar refractivity (Wildman–Crippen MR) is 63.0 cm³/mol. The molecule has 86 valence electrons. The van der Waals surface area contributed by atoms with E-state index < -0.39 is 9.84 Å². The van der Waals surface area contributed by atoms with Gasteiger partial charge in [0.1, 0.15) is 4.21 Å². The Bertz CT molecular complexity index is 455. The van der Waals surface area contributed by atoms with Gasteiger partial charge in [-0.3, -0.25) is 0 Å². The molecule has 6 heteroatoms. The zero-order valence-electron chi connectivity index (χ0n) is 9.36. The molecule has 0 unspecified atom stereocenters. The van der Waals surface area contributed by atoms with Gasteiger partial charge >= 0.3 is 0 Å². The second kappa shape index (κ2) is 3.75. The van der Waals surface area contributed by atoms with Gasteiger partial charge in [-0.15, -0.1) is 0 Å². The summed E-state index contributed by atoms with van der Waals surface area (Å²) in [5.74, 6) is 0.0811. The summed E-state index contributed by atoms with van der Waals surface area (Å²) in [6.45, 7) is 7.40. The van der Waals surface area contributed by atoms with E-state index in [1.807, 2.05) is 20.8 Å². The molecule has 1 rings (SSSR count). The van der Waals surface area contributed by atoms with E-state index >= 15 is 0 Å². The summed E-state index contributed by atoms with van der Waals surface area (Å²) >= 11 is 1.05. The Kier molecular flexibility index (Phi) is 3.11. The van der Waals surface area contributed by atoms with E-state index in [2.05, 4.69) is 4.98 Å². The first-order valence-electron chi connectivity index (χ1n) is 4.68. The molecule has 0 aromatic carbocycles. The maximum absolute atomic E-state index is 11.8. The van der Waals surface area contributed by atoms with Crippen LogP contribution in [-0.4, -0.2) is 19.2 Å². The summed E-state index contributed by atoms with van der Waals surface area (Å²) in [6.07, 6.45) is 0. The van der Waals surface area contributed by atoms with E-state index in [0.29, 0.717) is 15.0 Å². The third kappa shape index (κ3) is 2.49. The molecule has 0 atom stereocenters. The predicted octanol–water partition coefficient (Wildman–Crippen LogP) is 1.82. The molecule has 0 saturated heterocycles. The quantitative estimate of drug-likeness (QED) is 0.866. The third-order valence-corrected chi connectivity index (χ3v) is 5.19. The molecular formula is C9H16N2O2S2. The van der Waals surface area contributed by atoms with Gasteiger partial charge in [0, 0.05) is 5.41 Å². The average molecular weight is 248 g/mol. The lowest BCUT2D eigenvalue weighted by Gasteiger charge is -2.16. The summed E-state index contributed by atoms with van der Waals surface area (Å²) in [7, 11) is -3.22. The van der Waals surface area contributed by atoms with Crippen molar-refractivity contribution in [3.05, 3.63) is 5.69 Å². The number of hydrogen-bond acceptors (Lipinski definition) is 5. The van der Waals surface area contributed by atoms with Crippen LogP contribution in [-0.2, 0) is 15.3 Å². The van der Waals surface area contributed by atoms with Crippen LogP contribution in [0.1, 0.15) is 33.4 Å². The Labute approximate surface area is 94.4 Å². The number of anilines is 1. The summed E-state index contributed by atoms with van der Waals surface area (Å²) in [5.41, 5.74) is 5.85. The Balaban J connectivity index is 3.44. The molecule has 0 aliphatic carbocycles. The average Bonchev–Trinajstić information content (AvgIpc) is 2.47. The van der Waals surface area contributed by atoms with Crippen LogP contribution < -0.4 is 5.73 Å². The van der Waals surface area contributed by atoms with Crippen LogP contribution in [0.3, 0.4) is 0 Å². The van der Waals surface area contributed by atoms with Crippen LogP contribution in [0.15, 0.2) is 4.21 Å². The number of rotatable bonds is 2. The summed E-state index contributed by atoms with van der Waals surface area (Å²) in [5, 5.41) is 0.312. The van der Waals surface area contributed by atoms with E-state index in [0.717, 1.165) is 11.3 Å². The van der Waals surface area contributed by atoms with Gasteiger partial charge in [-0.2, -0.15) is 0 Å². The van der Waals surface area contributed by atoms with Gasteiger partial charge < -0.3 is 5.73 Å². The molecule has 15 heavy (non-hydrogen) atoms. The monoisotopic (exact) mass is 248 g/mol. The highest BCUT2D eigenvalue weighted by Gasteiger charge is 2.29. The topological polar surface area (TPSA) is 73.0 Å². The molecule has 1 heterocycles. The lowest BCUT2D eigenvalue weighted by molar-refractivity contribution is 0.552. The van der Waals surface area contributed by atoms with Crippen molar-refractivity contribution in [2.24, 2.45) is 0 Å². The first kappa shape index (κ1) is 12.4. The Morgan fingerprint density at radius 1 is 1.40 bits per heavy atom. The largest absolute Gasteiger partial charge is 0.375 e. The van der Waals surface area contributed by atoms with E-state index in [1.165, 1.54) is 0 Å². The van der Waals surface area contributed by atoms with Crippen molar-refractivity contribution in [3.8, 4) is 0 Å². The van der Waals surface area contributed by atoms with Crippen LogP contribution in [0.5, 0.6) is 0 Å². The SMILES string of the molecule is CCS(=O)(=O)c1sc(N)nc1C(C)(C)C. The number of sulfone groups is 1. The van der Waals surface area contributed by atoms with E-state index in [4.69, 9.17) is 5.73 Å². The molecular weight excluding hydrogens is 232 g/mol. The zero-order chi connectivity index (χ0) is 11.9. The molecule has 0 spiro atoms. The van der Waals surface area contributed by atoms with Crippen molar-refractivity contribution >= 4 is 26.3 Å². The highest BCUT2D eigenvalue weighted by atomic mass is 32.2. The number of thiazole rings is 1. The Morgan fingerprint density at radius 3 is 2.33 bits per heavy atom. The Morgan fingerprint density at radius 2 is 1.93 bits per heavy atom. The maximum Gasteiger partial charge on any atom is 0.189 e. The third-order valence-electron chi connectivity index (χ3n) is 1.99. The van der Waals surface area contributed by atoms with Crippen molar-refractivity contribution in [3.63, 3.8) is 0 Å². The minimum atomic E-state index is -3.22. The maximum atomic E-state index is 11.8. The van der Waals surface area contributed by atoms with Gasteiger partial charge in [0.25, 0.3) is 0 Å². The summed E-state index contributed by atoms with van der Waals surface area (Å²) in [4.78, 5) is 4.11. The number of nitrogens with two attached hydrogens (primary N) is 1. The zero-order valence-corrected chi connectivity index (χ0v) is 11.0. The van der Waals surface area contributed by atoms with Crippen molar-refractivity contribution < 1.29 is 8.42 Å². The van der Waals surface area contributed by atoms with Gasteiger partial charge in [0.2, 0.25) is 0 Å². The smallest absolute Gasteiger partial charge is 0.189 e. The van der Waals surface area contributed by atoms with E-state index in [9.17, 15) is 8.42 Å². The van der Waals surface area contributed by atoms with Gasteiger partial charge in [0.15, 0.2) is 15.0 Å². The number of nitrogen functional groups attached to an aromatic ring is 1. The molecule has 1 aromatic heterocycles. The molecule has 0 aliphatic heterocycles. The van der Waals surface area contributed by atoms with Gasteiger partial charge in [0.05, 0.1) is 11.4 Å². The van der Waals surface area contributed by atoms with Crippen LogP contribution in [0.4, 0.5) is 5.13 Å². The first-order valence-corrected chi connectivity index (χ1v) is 7.15. The summed E-state index contributed by atoms with van der Waals surface area (Å²) in [6, 6.07) is 0. The van der Waals surface area contributed by atoms with Gasteiger partial charge in [-0.1, -0.05) is 39.0 Å². The summed E-state index contributed by atoms with van der Waals surface area (Å²) < 4.78 is 23.9. The molecule has 1 aromatic rings. The lowest BCUT2D eigenvalue weighted by atomic mass is 9.93. The van der Waals surface area contributed by atoms with Crippen LogP contribution in [0, 0.1) is 0 Å². The van der Waals surface area contributed by atoms with Crippen LogP contribution in [0.2, 0.25) is 0 Å². The molecule has 4 nitrogen and oxygen atoms in total. The Hall–Kier alpha value is -0.620. The fourth-order valence-corrected chi connectivity index (χ4v) is 3.94. The van der Waals surface area contributed by atoms with E-state index in [1.54, 1.807) is 6.92 Å². The second-order valence-electron chi connectivity index (χ2n) is 4.34. The molecule has 0 fully saturated rings. The fraction of sp³-hybridized carbons (Fsp3) is 0.667. The minimum Gasteiger partial charge on any atom is -0.375 e. The fourth-order valence-electron chi connectivity index (χ4n) is 1.14. The minimum absolute atomic E-state index is 0.0811. The molecule has 0 radical (unpaired) electrons.